The van der Waals surface area contributed by atoms with E-state index in [9.17, 15) is 0 Å². The van der Waals surface area contributed by atoms with Gasteiger partial charge in [0.1, 0.15) is 12.4 Å². The quantitative estimate of drug-likeness (QED) is 0.844. The van der Waals surface area contributed by atoms with Gasteiger partial charge in [-0.05, 0) is 30.8 Å². The Bertz CT molecular complexity index is 604. The van der Waals surface area contributed by atoms with Crippen molar-refractivity contribution in [3.8, 4) is 5.75 Å². The molecule has 0 amide bonds. The van der Waals surface area contributed by atoms with Crippen molar-refractivity contribution >= 4 is 0 Å². The first kappa shape index (κ1) is 16.9. The Balaban J connectivity index is 1.39. The first-order valence-corrected chi connectivity index (χ1v) is 8.41. The van der Waals surface area contributed by atoms with Gasteiger partial charge in [0.2, 0.25) is 0 Å². The molecule has 2 aromatic rings. The van der Waals surface area contributed by atoms with E-state index >= 15 is 0 Å². The summed E-state index contributed by atoms with van der Waals surface area (Å²) in [6, 6.07) is 12.1. The van der Waals surface area contributed by atoms with E-state index in [1.54, 1.807) is 6.20 Å². The number of nitrogens with zero attached hydrogens (tertiary/aromatic N) is 2. The van der Waals surface area contributed by atoms with E-state index < -0.39 is 0 Å². The van der Waals surface area contributed by atoms with Crippen molar-refractivity contribution in [2.24, 2.45) is 0 Å². The zero-order chi connectivity index (χ0) is 16.6. The first-order chi connectivity index (χ1) is 11.8. The number of hydrogen-bond acceptors (Lipinski definition) is 5. The third-order valence-corrected chi connectivity index (χ3v) is 4.09. The van der Waals surface area contributed by atoms with Gasteiger partial charge in [-0.2, -0.15) is 0 Å². The number of likely N-dealkylation sites (N-methyl/N-ethyl adjacent to an activating group) is 1. The Morgan fingerprint density at radius 3 is 2.88 bits per heavy atom. The molecule has 1 aliphatic rings. The molecule has 5 nitrogen and oxygen atoms in total. The molecule has 5 heteroatoms. The molecule has 0 radical (unpaired) electrons. The molecule has 2 heterocycles. The number of hydrogen-bond donors (Lipinski definition) is 1. The molecule has 1 aliphatic heterocycles. The number of ether oxygens (including phenoxy) is 2. The summed E-state index contributed by atoms with van der Waals surface area (Å²) in [6.45, 7) is 5.10. The van der Waals surface area contributed by atoms with E-state index in [1.165, 1.54) is 5.56 Å². The van der Waals surface area contributed by atoms with Gasteiger partial charge < -0.3 is 19.7 Å². The SMILES string of the molecule is CN1CCOC(CNCc2ccc(OCc3cccnc3)cc2)C1. The van der Waals surface area contributed by atoms with Crippen LogP contribution in [0.25, 0.3) is 0 Å². The van der Waals surface area contributed by atoms with Gasteiger partial charge in [-0.15, -0.1) is 0 Å². The number of rotatable bonds is 7. The molecule has 0 aliphatic carbocycles. The van der Waals surface area contributed by atoms with Gasteiger partial charge in [-0.1, -0.05) is 18.2 Å². The zero-order valence-corrected chi connectivity index (χ0v) is 14.1. The van der Waals surface area contributed by atoms with Gasteiger partial charge in [0.15, 0.2) is 0 Å². The second-order valence-electron chi connectivity index (χ2n) is 6.18. The van der Waals surface area contributed by atoms with Crippen LogP contribution in [-0.4, -0.2) is 49.3 Å². The predicted octanol–water partition coefficient (Wildman–Crippen LogP) is 2.08. The van der Waals surface area contributed by atoms with Gasteiger partial charge in [0.25, 0.3) is 0 Å². The summed E-state index contributed by atoms with van der Waals surface area (Å²) >= 11 is 0. The third-order valence-electron chi connectivity index (χ3n) is 4.09. The van der Waals surface area contributed by atoms with Crippen LogP contribution in [0.15, 0.2) is 48.8 Å². The van der Waals surface area contributed by atoms with Gasteiger partial charge in [-0.3, -0.25) is 4.98 Å². The summed E-state index contributed by atoms with van der Waals surface area (Å²) in [6.07, 6.45) is 3.87. The topological polar surface area (TPSA) is 46.6 Å². The maximum absolute atomic E-state index is 5.77. The summed E-state index contributed by atoms with van der Waals surface area (Å²) in [5.41, 5.74) is 2.31. The van der Waals surface area contributed by atoms with Crippen molar-refractivity contribution in [2.45, 2.75) is 19.3 Å². The molecule has 3 rings (SSSR count). The zero-order valence-electron chi connectivity index (χ0n) is 14.1. The van der Waals surface area contributed by atoms with E-state index in [0.717, 1.165) is 44.1 Å². The lowest BCUT2D eigenvalue weighted by Crippen LogP contribution is -2.44. The summed E-state index contributed by atoms with van der Waals surface area (Å²) in [5, 5.41) is 3.47. The monoisotopic (exact) mass is 327 g/mol. The second kappa shape index (κ2) is 8.78. The molecule has 0 saturated carbocycles. The molecule has 0 bridgehead atoms. The van der Waals surface area contributed by atoms with Crippen LogP contribution >= 0.6 is 0 Å². The molecule has 1 saturated heterocycles. The van der Waals surface area contributed by atoms with Crippen LogP contribution in [0.4, 0.5) is 0 Å². The van der Waals surface area contributed by atoms with E-state index in [2.05, 4.69) is 34.4 Å². The normalized spacial score (nSPS) is 18.5. The van der Waals surface area contributed by atoms with Crippen LogP contribution in [0.2, 0.25) is 0 Å². The molecule has 1 unspecified atom stereocenters. The van der Waals surface area contributed by atoms with Crippen LogP contribution in [0.3, 0.4) is 0 Å². The Hall–Kier alpha value is -1.95. The number of morpholine rings is 1. The summed E-state index contributed by atoms with van der Waals surface area (Å²) in [7, 11) is 2.14. The Labute approximate surface area is 143 Å². The molecule has 1 N–H and O–H groups in total. The van der Waals surface area contributed by atoms with E-state index in [-0.39, 0.29) is 6.10 Å². The molecule has 1 aromatic heterocycles. The third kappa shape index (κ3) is 5.30. The van der Waals surface area contributed by atoms with E-state index in [0.29, 0.717) is 6.61 Å². The van der Waals surface area contributed by atoms with Crippen LogP contribution in [0.1, 0.15) is 11.1 Å². The average molecular weight is 327 g/mol. The molecule has 24 heavy (non-hydrogen) atoms. The Kier molecular flexibility index (Phi) is 6.18. The minimum Gasteiger partial charge on any atom is -0.489 e. The summed E-state index contributed by atoms with van der Waals surface area (Å²) < 4.78 is 11.5. The lowest BCUT2D eigenvalue weighted by molar-refractivity contribution is -0.0182. The second-order valence-corrected chi connectivity index (χ2v) is 6.18. The fraction of sp³-hybridized carbons (Fsp3) is 0.421. The largest absolute Gasteiger partial charge is 0.489 e. The van der Waals surface area contributed by atoms with Crippen LogP contribution in [-0.2, 0) is 17.9 Å². The van der Waals surface area contributed by atoms with Crippen molar-refractivity contribution in [3.05, 3.63) is 59.9 Å². The lowest BCUT2D eigenvalue weighted by atomic mass is 10.2. The number of nitrogens with one attached hydrogen (secondary N) is 1. The predicted molar refractivity (Wildman–Crippen MR) is 94.0 cm³/mol. The molecular weight excluding hydrogens is 302 g/mol. The van der Waals surface area contributed by atoms with Crippen molar-refractivity contribution in [1.82, 2.24) is 15.2 Å². The summed E-state index contributed by atoms with van der Waals surface area (Å²) in [5.74, 6) is 0.875. The first-order valence-electron chi connectivity index (χ1n) is 8.41. The lowest BCUT2D eigenvalue weighted by Gasteiger charge is -2.30. The van der Waals surface area contributed by atoms with Crippen molar-refractivity contribution < 1.29 is 9.47 Å². The van der Waals surface area contributed by atoms with E-state index in [1.807, 2.05) is 30.5 Å². The average Bonchev–Trinajstić information content (AvgIpc) is 2.62. The fourth-order valence-electron chi connectivity index (χ4n) is 2.72. The van der Waals surface area contributed by atoms with Crippen molar-refractivity contribution in [2.75, 3.05) is 33.3 Å². The maximum atomic E-state index is 5.77. The fourth-order valence-corrected chi connectivity index (χ4v) is 2.72. The minimum atomic E-state index is 0.283. The Morgan fingerprint density at radius 2 is 2.12 bits per heavy atom. The maximum Gasteiger partial charge on any atom is 0.119 e. The highest BCUT2D eigenvalue weighted by atomic mass is 16.5. The number of aromatic nitrogens is 1. The molecule has 1 aromatic carbocycles. The van der Waals surface area contributed by atoms with Crippen molar-refractivity contribution in [3.63, 3.8) is 0 Å². The summed E-state index contributed by atoms with van der Waals surface area (Å²) in [4.78, 5) is 6.40. The molecule has 128 valence electrons. The highest BCUT2D eigenvalue weighted by Crippen LogP contribution is 2.14. The highest BCUT2D eigenvalue weighted by Gasteiger charge is 2.16. The highest BCUT2D eigenvalue weighted by molar-refractivity contribution is 5.27. The van der Waals surface area contributed by atoms with E-state index in [4.69, 9.17) is 9.47 Å². The molecule has 1 fully saturated rings. The van der Waals surface area contributed by atoms with Crippen LogP contribution < -0.4 is 10.1 Å². The van der Waals surface area contributed by atoms with Gasteiger partial charge in [0, 0.05) is 44.1 Å². The van der Waals surface area contributed by atoms with Gasteiger partial charge >= 0.3 is 0 Å². The van der Waals surface area contributed by atoms with Gasteiger partial charge in [-0.25, -0.2) is 0 Å². The molecular formula is C19H25N3O2. The van der Waals surface area contributed by atoms with Crippen LogP contribution in [0, 0.1) is 0 Å². The Morgan fingerprint density at radius 1 is 1.25 bits per heavy atom. The molecule has 0 spiro atoms. The van der Waals surface area contributed by atoms with Crippen LogP contribution in [0.5, 0.6) is 5.75 Å². The number of pyridine rings is 1. The number of benzene rings is 1. The molecule has 1 atom stereocenters. The minimum absolute atomic E-state index is 0.283. The standard InChI is InChI=1S/C19H25N3O2/c1-22-9-10-23-19(14-22)13-21-11-16-4-6-18(7-5-16)24-15-17-3-2-8-20-12-17/h2-8,12,19,21H,9-11,13-15H2,1H3. The van der Waals surface area contributed by atoms with Crippen molar-refractivity contribution in [1.29, 1.82) is 0 Å². The van der Waals surface area contributed by atoms with Gasteiger partial charge in [0.05, 0.1) is 12.7 Å². The smallest absolute Gasteiger partial charge is 0.119 e.